The summed E-state index contributed by atoms with van der Waals surface area (Å²) in [5.74, 6) is 0.118. The van der Waals surface area contributed by atoms with Crippen LogP contribution in [0.4, 0.5) is 10.2 Å². The standard InChI is InChI=1S/C31H33FN6O2/c32-28-8-5-24(6-9-28)21-36-15-17-37(18-16-36)30(39)27-7-10-29(35-20-27)38(31(40)26-11-13-34-14-12-26)22-25-3-1-23(19-33)2-4-25/h1-10,20,26,34H,11-18,21-22H2. The predicted octanol–water partition coefficient (Wildman–Crippen LogP) is 3.58. The Labute approximate surface area is 234 Å². The zero-order chi connectivity index (χ0) is 27.9. The van der Waals surface area contributed by atoms with E-state index in [9.17, 15) is 14.0 Å². The van der Waals surface area contributed by atoms with Crippen LogP contribution in [0.25, 0.3) is 0 Å². The Bertz CT molecular complexity index is 1340. The van der Waals surface area contributed by atoms with Crippen LogP contribution >= 0.6 is 0 Å². The minimum absolute atomic E-state index is 0.0229. The van der Waals surface area contributed by atoms with Crippen molar-refractivity contribution in [1.82, 2.24) is 20.1 Å². The summed E-state index contributed by atoms with van der Waals surface area (Å²) < 4.78 is 13.2. The molecule has 0 aliphatic carbocycles. The number of piperidine rings is 1. The lowest BCUT2D eigenvalue weighted by atomic mass is 9.96. The molecule has 2 aliphatic heterocycles. The number of amides is 2. The molecule has 2 amide bonds. The number of carbonyl (C=O) groups is 2. The summed E-state index contributed by atoms with van der Waals surface area (Å²) in [5.41, 5.74) is 3.01. The van der Waals surface area contributed by atoms with Crippen LogP contribution in [0.3, 0.4) is 0 Å². The number of carbonyl (C=O) groups excluding carboxylic acids is 2. The molecule has 9 heteroatoms. The molecule has 0 unspecified atom stereocenters. The van der Waals surface area contributed by atoms with E-state index < -0.39 is 0 Å². The van der Waals surface area contributed by atoms with Crippen molar-refractivity contribution in [2.24, 2.45) is 5.92 Å². The second-order valence-corrected chi connectivity index (χ2v) is 10.4. The van der Waals surface area contributed by atoms with Crippen molar-refractivity contribution in [2.75, 3.05) is 44.2 Å². The Balaban J connectivity index is 1.25. The van der Waals surface area contributed by atoms with Gasteiger partial charge in [0.15, 0.2) is 0 Å². The van der Waals surface area contributed by atoms with E-state index in [1.807, 2.05) is 17.0 Å². The predicted molar refractivity (Wildman–Crippen MR) is 150 cm³/mol. The fourth-order valence-electron chi connectivity index (χ4n) is 5.24. The van der Waals surface area contributed by atoms with E-state index in [4.69, 9.17) is 5.26 Å². The van der Waals surface area contributed by atoms with Gasteiger partial charge in [-0.2, -0.15) is 5.26 Å². The molecule has 2 saturated heterocycles. The second-order valence-electron chi connectivity index (χ2n) is 10.4. The summed E-state index contributed by atoms with van der Waals surface area (Å²) in [7, 11) is 0. The third-order valence-corrected chi connectivity index (χ3v) is 7.63. The molecule has 2 aliphatic rings. The SMILES string of the molecule is N#Cc1ccc(CN(C(=O)C2CCNCC2)c2ccc(C(=O)N3CCN(Cc4ccc(F)cc4)CC3)cn2)cc1. The smallest absolute Gasteiger partial charge is 0.255 e. The molecule has 0 radical (unpaired) electrons. The molecule has 40 heavy (non-hydrogen) atoms. The molecule has 0 saturated carbocycles. The lowest BCUT2D eigenvalue weighted by Gasteiger charge is -2.34. The van der Waals surface area contributed by atoms with Crippen molar-refractivity contribution in [3.8, 4) is 6.07 Å². The number of benzene rings is 2. The largest absolute Gasteiger partial charge is 0.336 e. The molecule has 0 spiro atoms. The van der Waals surface area contributed by atoms with Gasteiger partial charge in [0.25, 0.3) is 5.91 Å². The summed E-state index contributed by atoms with van der Waals surface area (Å²) in [6.07, 6.45) is 3.10. The van der Waals surface area contributed by atoms with Gasteiger partial charge in [0.05, 0.1) is 23.7 Å². The van der Waals surface area contributed by atoms with Crippen LogP contribution in [-0.4, -0.2) is 65.9 Å². The number of piperazine rings is 1. The number of aromatic nitrogens is 1. The fraction of sp³-hybridized carbons (Fsp3) is 0.355. The van der Waals surface area contributed by atoms with Crippen LogP contribution in [0, 0.1) is 23.1 Å². The highest BCUT2D eigenvalue weighted by Crippen LogP contribution is 2.23. The Morgan fingerprint density at radius 3 is 2.25 bits per heavy atom. The van der Waals surface area contributed by atoms with Gasteiger partial charge in [-0.3, -0.25) is 19.4 Å². The summed E-state index contributed by atoms with van der Waals surface area (Å²) >= 11 is 0. The number of nitrogens with zero attached hydrogens (tertiary/aromatic N) is 5. The molecule has 2 fully saturated rings. The van der Waals surface area contributed by atoms with Crippen molar-refractivity contribution in [3.63, 3.8) is 0 Å². The minimum atomic E-state index is -0.244. The van der Waals surface area contributed by atoms with E-state index in [-0.39, 0.29) is 23.5 Å². The Morgan fingerprint density at radius 2 is 1.62 bits per heavy atom. The number of anilines is 1. The van der Waals surface area contributed by atoms with Crippen molar-refractivity contribution in [3.05, 3.63) is 94.9 Å². The molecular weight excluding hydrogens is 507 g/mol. The van der Waals surface area contributed by atoms with Crippen molar-refractivity contribution in [1.29, 1.82) is 5.26 Å². The van der Waals surface area contributed by atoms with Gasteiger partial charge in [-0.1, -0.05) is 24.3 Å². The highest BCUT2D eigenvalue weighted by atomic mass is 19.1. The van der Waals surface area contributed by atoms with Gasteiger partial charge >= 0.3 is 0 Å². The van der Waals surface area contributed by atoms with Crippen LogP contribution < -0.4 is 10.2 Å². The first kappa shape index (κ1) is 27.4. The number of hydrogen-bond acceptors (Lipinski definition) is 6. The van der Waals surface area contributed by atoms with Gasteiger partial charge in [0.1, 0.15) is 11.6 Å². The molecule has 5 rings (SSSR count). The molecule has 1 aromatic heterocycles. The number of pyridine rings is 1. The number of halogens is 1. The van der Waals surface area contributed by atoms with Gasteiger partial charge in [0.2, 0.25) is 5.91 Å². The van der Waals surface area contributed by atoms with Crippen molar-refractivity contribution >= 4 is 17.6 Å². The minimum Gasteiger partial charge on any atom is -0.336 e. The molecule has 206 valence electrons. The molecule has 2 aromatic carbocycles. The summed E-state index contributed by atoms with van der Waals surface area (Å²) in [6.45, 7) is 5.33. The average molecular weight is 541 g/mol. The lowest BCUT2D eigenvalue weighted by Crippen LogP contribution is -2.48. The maximum absolute atomic E-state index is 13.6. The first-order valence-electron chi connectivity index (χ1n) is 13.7. The van der Waals surface area contributed by atoms with E-state index in [1.165, 1.54) is 12.1 Å². The highest BCUT2D eigenvalue weighted by molar-refractivity contribution is 5.96. The van der Waals surface area contributed by atoms with E-state index in [0.717, 1.165) is 56.7 Å². The van der Waals surface area contributed by atoms with Gasteiger partial charge in [-0.25, -0.2) is 9.37 Å². The van der Waals surface area contributed by atoms with Crippen LogP contribution in [-0.2, 0) is 17.9 Å². The Kier molecular flexibility index (Phi) is 8.79. The third-order valence-electron chi connectivity index (χ3n) is 7.63. The first-order chi connectivity index (χ1) is 19.5. The maximum atomic E-state index is 13.6. The van der Waals surface area contributed by atoms with Gasteiger partial charge in [0, 0.05) is 44.8 Å². The number of nitriles is 1. The monoisotopic (exact) mass is 540 g/mol. The zero-order valence-electron chi connectivity index (χ0n) is 22.4. The normalized spacial score (nSPS) is 16.4. The highest BCUT2D eigenvalue weighted by Gasteiger charge is 2.28. The lowest BCUT2D eigenvalue weighted by molar-refractivity contribution is -0.123. The number of nitrogens with one attached hydrogen (secondary N) is 1. The maximum Gasteiger partial charge on any atom is 0.255 e. The molecule has 3 heterocycles. The molecular formula is C31H33FN6O2. The second kappa shape index (κ2) is 12.8. The number of rotatable bonds is 7. The Morgan fingerprint density at radius 1 is 0.950 bits per heavy atom. The van der Waals surface area contributed by atoms with Crippen molar-refractivity contribution < 1.29 is 14.0 Å². The van der Waals surface area contributed by atoms with Crippen LogP contribution in [0.1, 0.15) is 39.9 Å². The van der Waals surface area contributed by atoms with Gasteiger partial charge in [-0.05, 0) is 73.5 Å². The van der Waals surface area contributed by atoms with Crippen LogP contribution in [0.5, 0.6) is 0 Å². The molecule has 1 N–H and O–H groups in total. The van der Waals surface area contributed by atoms with Crippen molar-refractivity contribution in [2.45, 2.75) is 25.9 Å². The zero-order valence-corrected chi connectivity index (χ0v) is 22.4. The third kappa shape index (κ3) is 6.71. The van der Waals surface area contributed by atoms with E-state index in [1.54, 1.807) is 47.5 Å². The van der Waals surface area contributed by atoms with Gasteiger partial charge < -0.3 is 10.2 Å². The van der Waals surface area contributed by atoms with Gasteiger partial charge in [-0.15, -0.1) is 0 Å². The van der Waals surface area contributed by atoms with E-state index >= 15 is 0 Å². The fourth-order valence-corrected chi connectivity index (χ4v) is 5.24. The van der Waals surface area contributed by atoms with E-state index in [2.05, 4.69) is 21.3 Å². The summed E-state index contributed by atoms with van der Waals surface area (Å²) in [4.78, 5) is 37.1. The molecule has 0 bridgehead atoms. The van der Waals surface area contributed by atoms with Crippen LogP contribution in [0.15, 0.2) is 66.9 Å². The molecule has 0 atom stereocenters. The topological polar surface area (TPSA) is 92.6 Å². The average Bonchev–Trinajstić information content (AvgIpc) is 3.01. The molecule has 8 nitrogen and oxygen atoms in total. The molecule has 3 aromatic rings. The van der Waals surface area contributed by atoms with Crippen LogP contribution in [0.2, 0.25) is 0 Å². The summed E-state index contributed by atoms with van der Waals surface area (Å²) in [5, 5.41) is 12.4. The van der Waals surface area contributed by atoms with E-state index in [0.29, 0.717) is 36.6 Å². The summed E-state index contributed by atoms with van der Waals surface area (Å²) in [6, 6.07) is 19.3. The number of hydrogen-bond donors (Lipinski definition) is 1. The first-order valence-corrected chi connectivity index (χ1v) is 13.7. The Hall–Kier alpha value is -4.13. The quantitative estimate of drug-likeness (QED) is 0.493.